The number of thiocarbonyl (C=S) groups is 1. The molecule has 0 spiro atoms. The third-order valence-electron chi connectivity index (χ3n) is 0.201. The predicted molar refractivity (Wildman–Crippen MR) is 28.8 cm³/mol. The highest BCUT2D eigenvalue weighted by Crippen LogP contribution is 1.58. The molecule has 0 aliphatic carbocycles. The minimum Gasteiger partial charge on any atom is -0.475 e. The van der Waals surface area contributed by atoms with Gasteiger partial charge in [-0.25, -0.2) is 0 Å². The maximum Gasteiger partial charge on any atom is 0.253 e. The summed E-state index contributed by atoms with van der Waals surface area (Å²) in [6, 6.07) is 0. The Labute approximate surface area is 42.1 Å². The molecule has 38 valence electrons. The molecule has 4 heteroatoms. The molecule has 0 saturated heterocycles. The average molecular weight is 108 g/mol. The van der Waals surface area contributed by atoms with Crippen molar-refractivity contribution in [2.75, 3.05) is 7.11 Å². The lowest BCUT2D eigenvalue weighted by atomic mass is 11.3. The fourth-order valence-electron chi connectivity index (χ4n) is 0. The standard InChI is InChI=1S/C2H5NOS.H3N/c1-4-2(3)5;/h1H3,(H2,3,5);1H3. The topological polar surface area (TPSA) is 70.2 Å². The lowest BCUT2D eigenvalue weighted by molar-refractivity contribution is 0.408. The molecule has 0 unspecified atom stereocenters. The molecule has 0 heterocycles. The van der Waals surface area contributed by atoms with E-state index in [9.17, 15) is 0 Å². The van der Waals surface area contributed by atoms with Gasteiger partial charge in [0.2, 0.25) is 0 Å². The molecule has 0 aliphatic rings. The van der Waals surface area contributed by atoms with E-state index < -0.39 is 0 Å². The van der Waals surface area contributed by atoms with Gasteiger partial charge >= 0.3 is 0 Å². The van der Waals surface area contributed by atoms with E-state index in [0.29, 0.717) is 0 Å². The van der Waals surface area contributed by atoms with Crippen molar-refractivity contribution in [3.63, 3.8) is 0 Å². The van der Waals surface area contributed by atoms with Crippen LogP contribution in [0.15, 0.2) is 0 Å². The maximum absolute atomic E-state index is 4.80. The van der Waals surface area contributed by atoms with Gasteiger partial charge in [-0.15, -0.1) is 0 Å². The predicted octanol–water partition coefficient (Wildman–Crippen LogP) is 0.0384. The molecule has 0 bridgehead atoms. The maximum atomic E-state index is 4.80. The van der Waals surface area contributed by atoms with E-state index in [1.165, 1.54) is 7.11 Å². The van der Waals surface area contributed by atoms with Crippen LogP contribution in [-0.4, -0.2) is 12.3 Å². The highest BCUT2D eigenvalue weighted by atomic mass is 32.1. The van der Waals surface area contributed by atoms with Gasteiger partial charge in [0.05, 0.1) is 7.11 Å². The molecule has 5 N–H and O–H groups in total. The monoisotopic (exact) mass is 108 g/mol. The number of rotatable bonds is 0. The minimum atomic E-state index is 0. The van der Waals surface area contributed by atoms with Crippen molar-refractivity contribution < 1.29 is 4.74 Å². The van der Waals surface area contributed by atoms with Crippen molar-refractivity contribution in [1.29, 1.82) is 0 Å². The van der Waals surface area contributed by atoms with Crippen molar-refractivity contribution in [2.45, 2.75) is 0 Å². The number of ether oxygens (including phenoxy) is 1. The molecular weight excluding hydrogens is 100 g/mol. The van der Waals surface area contributed by atoms with Gasteiger partial charge in [-0.05, 0) is 12.2 Å². The summed E-state index contributed by atoms with van der Waals surface area (Å²) in [5, 5.41) is 0.0880. The van der Waals surface area contributed by atoms with Crippen LogP contribution in [0, 0.1) is 0 Å². The first-order valence-corrected chi connectivity index (χ1v) is 1.51. The van der Waals surface area contributed by atoms with Gasteiger partial charge in [0.15, 0.2) is 0 Å². The largest absolute Gasteiger partial charge is 0.475 e. The SMILES string of the molecule is COC(N)=S.N. The Kier molecular flexibility index (Phi) is 7.11. The Morgan fingerprint density at radius 2 is 2.00 bits per heavy atom. The molecule has 0 rings (SSSR count). The molecule has 0 aromatic rings. The number of nitrogens with two attached hydrogens (primary N) is 1. The van der Waals surface area contributed by atoms with Crippen molar-refractivity contribution >= 4 is 17.4 Å². The number of hydrogen-bond acceptors (Lipinski definition) is 3. The number of hydrogen-bond donors (Lipinski definition) is 2. The lowest BCUT2D eigenvalue weighted by Gasteiger charge is -1.85. The normalized spacial score (nSPS) is 5.50. The third kappa shape index (κ3) is 9.41. The number of methoxy groups -OCH3 is 1. The second kappa shape index (κ2) is 4.65. The van der Waals surface area contributed by atoms with Gasteiger partial charge in [-0.2, -0.15) is 0 Å². The molecule has 0 aromatic heterocycles. The van der Waals surface area contributed by atoms with Crippen molar-refractivity contribution in [3.8, 4) is 0 Å². The fourth-order valence-corrected chi connectivity index (χ4v) is 0. The van der Waals surface area contributed by atoms with Crippen LogP contribution < -0.4 is 11.9 Å². The van der Waals surface area contributed by atoms with E-state index >= 15 is 0 Å². The first kappa shape index (κ1) is 9.17. The van der Waals surface area contributed by atoms with Crippen LogP contribution in [0.25, 0.3) is 0 Å². The zero-order valence-electron chi connectivity index (χ0n) is 3.60. The Bertz CT molecular complexity index is 46.8. The van der Waals surface area contributed by atoms with Crippen LogP contribution in [0.3, 0.4) is 0 Å². The summed E-state index contributed by atoms with van der Waals surface area (Å²) in [6.45, 7) is 0. The smallest absolute Gasteiger partial charge is 0.253 e. The second-order valence-electron chi connectivity index (χ2n) is 0.523. The summed E-state index contributed by atoms with van der Waals surface area (Å²) < 4.78 is 4.26. The Balaban J connectivity index is 0. The molecule has 6 heavy (non-hydrogen) atoms. The molecule has 0 radical (unpaired) electrons. The van der Waals surface area contributed by atoms with Crippen LogP contribution in [0.5, 0.6) is 0 Å². The lowest BCUT2D eigenvalue weighted by Crippen LogP contribution is -2.08. The summed E-state index contributed by atoms with van der Waals surface area (Å²) in [7, 11) is 1.43. The summed E-state index contributed by atoms with van der Waals surface area (Å²) in [5.74, 6) is 0. The molecule has 3 nitrogen and oxygen atoms in total. The zero-order chi connectivity index (χ0) is 4.28. The van der Waals surface area contributed by atoms with E-state index in [1.807, 2.05) is 0 Å². The van der Waals surface area contributed by atoms with Gasteiger partial charge in [-0.1, -0.05) is 0 Å². The van der Waals surface area contributed by atoms with Crippen molar-refractivity contribution in [2.24, 2.45) is 5.73 Å². The van der Waals surface area contributed by atoms with E-state index in [4.69, 9.17) is 5.73 Å². The van der Waals surface area contributed by atoms with Gasteiger partial charge in [0.25, 0.3) is 5.17 Å². The third-order valence-corrected chi connectivity index (χ3v) is 0.368. The van der Waals surface area contributed by atoms with Crippen LogP contribution in [0.4, 0.5) is 0 Å². The molecule has 0 amide bonds. The summed E-state index contributed by atoms with van der Waals surface area (Å²) in [6.07, 6.45) is 0. The molecule has 0 saturated carbocycles. The Morgan fingerprint density at radius 3 is 2.00 bits per heavy atom. The van der Waals surface area contributed by atoms with E-state index in [2.05, 4.69) is 17.0 Å². The van der Waals surface area contributed by atoms with Crippen LogP contribution >= 0.6 is 12.2 Å². The highest BCUT2D eigenvalue weighted by molar-refractivity contribution is 7.79. The Hall–Kier alpha value is -0.350. The van der Waals surface area contributed by atoms with Gasteiger partial charge in [-0.3, -0.25) is 0 Å². The fraction of sp³-hybridized carbons (Fsp3) is 0.500. The second-order valence-corrected chi connectivity index (χ2v) is 0.926. The first-order chi connectivity index (χ1) is 2.27. The zero-order valence-corrected chi connectivity index (χ0v) is 4.42. The molecule has 0 aliphatic heterocycles. The molecule has 0 atom stereocenters. The van der Waals surface area contributed by atoms with Crippen LogP contribution in [-0.2, 0) is 4.74 Å². The van der Waals surface area contributed by atoms with E-state index in [-0.39, 0.29) is 11.3 Å². The van der Waals surface area contributed by atoms with Gasteiger partial charge < -0.3 is 16.6 Å². The molecular formula is C2H8N2OS. The van der Waals surface area contributed by atoms with Gasteiger partial charge in [0.1, 0.15) is 0 Å². The Morgan fingerprint density at radius 1 is 1.83 bits per heavy atom. The summed E-state index contributed by atoms with van der Waals surface area (Å²) >= 11 is 4.25. The molecule has 0 fully saturated rings. The van der Waals surface area contributed by atoms with E-state index in [1.54, 1.807) is 0 Å². The van der Waals surface area contributed by atoms with Gasteiger partial charge in [0, 0.05) is 0 Å². The average Bonchev–Trinajstić information content (AvgIpc) is 1.38. The van der Waals surface area contributed by atoms with Crippen molar-refractivity contribution in [1.82, 2.24) is 6.15 Å². The minimum absolute atomic E-state index is 0. The highest BCUT2D eigenvalue weighted by Gasteiger charge is 1.69. The molecule has 0 aromatic carbocycles. The quantitative estimate of drug-likeness (QED) is 0.430. The van der Waals surface area contributed by atoms with Crippen LogP contribution in [0.2, 0.25) is 0 Å². The van der Waals surface area contributed by atoms with Crippen molar-refractivity contribution in [3.05, 3.63) is 0 Å². The summed E-state index contributed by atoms with van der Waals surface area (Å²) in [4.78, 5) is 0. The van der Waals surface area contributed by atoms with Crippen LogP contribution in [0.1, 0.15) is 0 Å². The summed E-state index contributed by atoms with van der Waals surface area (Å²) in [5.41, 5.74) is 4.80. The first-order valence-electron chi connectivity index (χ1n) is 1.11. The van der Waals surface area contributed by atoms with E-state index in [0.717, 1.165) is 0 Å².